The van der Waals surface area contributed by atoms with Crippen LogP contribution in [-0.4, -0.2) is 4.87 Å². The Kier molecular flexibility index (Phi) is 3.21. The van der Waals surface area contributed by atoms with Gasteiger partial charge in [0.1, 0.15) is 5.82 Å². The molecule has 1 aromatic rings. The molecule has 104 valence electrons. The smallest absolute Gasteiger partial charge is 0.207 e. The molecule has 0 heterocycles. The van der Waals surface area contributed by atoms with Crippen molar-refractivity contribution in [3.05, 3.63) is 47.3 Å². The van der Waals surface area contributed by atoms with E-state index in [1.54, 1.807) is 13.8 Å². The lowest BCUT2D eigenvalue weighted by atomic mass is 10.0. The van der Waals surface area contributed by atoms with Gasteiger partial charge < -0.3 is 0 Å². The van der Waals surface area contributed by atoms with Crippen LogP contribution in [0.25, 0.3) is 0 Å². The third-order valence-electron chi connectivity index (χ3n) is 3.58. The molecule has 0 N–H and O–H groups in total. The third-order valence-corrected chi connectivity index (χ3v) is 4.05. The van der Waals surface area contributed by atoms with Gasteiger partial charge in [0.2, 0.25) is 0 Å². The summed E-state index contributed by atoms with van der Waals surface area (Å²) in [6.45, 7) is 7.29. The van der Waals surface area contributed by atoms with Crippen LogP contribution in [0, 0.1) is 11.7 Å². The zero-order valence-electron chi connectivity index (χ0n) is 10.5. The van der Waals surface area contributed by atoms with E-state index in [1.807, 2.05) is 0 Å². The largest absolute Gasteiger partial charge is 0.416 e. The van der Waals surface area contributed by atoms with Crippen molar-refractivity contribution in [2.45, 2.75) is 30.8 Å². The predicted molar refractivity (Wildman–Crippen MR) is 66.7 cm³/mol. The van der Waals surface area contributed by atoms with Crippen molar-refractivity contribution >= 4 is 11.6 Å². The molecule has 0 saturated heterocycles. The molecule has 3 unspecified atom stereocenters. The fourth-order valence-electron chi connectivity index (χ4n) is 2.72. The fraction of sp³-hybridized carbons (Fsp3) is 0.429. The van der Waals surface area contributed by atoms with Gasteiger partial charge in [0.05, 0.1) is 10.4 Å². The van der Waals surface area contributed by atoms with E-state index >= 15 is 0 Å². The lowest BCUT2D eigenvalue weighted by molar-refractivity contribution is -0.137. The van der Waals surface area contributed by atoms with Crippen molar-refractivity contribution < 1.29 is 17.6 Å². The molecule has 0 amide bonds. The standard InChI is InChI=1S/C14H13ClF4/c1-7(2)11-12(13(11,3)15)8-4-9(14(17,18)19)6-10(16)5-8/h4-6,11-12H,1H2,2-3H3. The molecule has 1 aliphatic rings. The Labute approximate surface area is 114 Å². The van der Waals surface area contributed by atoms with E-state index in [1.165, 1.54) is 0 Å². The summed E-state index contributed by atoms with van der Waals surface area (Å²) in [7, 11) is 0. The van der Waals surface area contributed by atoms with E-state index < -0.39 is 22.4 Å². The molecule has 0 bridgehead atoms. The van der Waals surface area contributed by atoms with E-state index in [0.717, 1.165) is 17.7 Å². The molecule has 0 nitrogen and oxygen atoms in total. The van der Waals surface area contributed by atoms with Crippen molar-refractivity contribution in [3.63, 3.8) is 0 Å². The maximum Gasteiger partial charge on any atom is 0.416 e. The first-order chi connectivity index (χ1) is 8.55. The minimum atomic E-state index is -4.56. The highest BCUT2D eigenvalue weighted by Gasteiger charge is 2.61. The minimum absolute atomic E-state index is 0.128. The Morgan fingerprint density at radius 3 is 2.32 bits per heavy atom. The highest BCUT2D eigenvalue weighted by molar-refractivity contribution is 6.27. The summed E-state index contributed by atoms with van der Waals surface area (Å²) in [4.78, 5) is -0.692. The molecule has 3 atom stereocenters. The van der Waals surface area contributed by atoms with Crippen LogP contribution in [0.1, 0.15) is 30.9 Å². The Morgan fingerprint density at radius 1 is 1.32 bits per heavy atom. The van der Waals surface area contributed by atoms with Gasteiger partial charge in [-0.3, -0.25) is 0 Å². The van der Waals surface area contributed by atoms with Crippen LogP contribution in [0.15, 0.2) is 30.4 Å². The topological polar surface area (TPSA) is 0 Å². The van der Waals surface area contributed by atoms with Crippen molar-refractivity contribution in [2.75, 3.05) is 0 Å². The third kappa shape index (κ3) is 2.50. The fourth-order valence-corrected chi connectivity index (χ4v) is 3.22. The van der Waals surface area contributed by atoms with Crippen LogP contribution in [0.4, 0.5) is 17.6 Å². The van der Waals surface area contributed by atoms with Crippen LogP contribution in [0.2, 0.25) is 0 Å². The lowest BCUT2D eigenvalue weighted by Gasteiger charge is -2.10. The SMILES string of the molecule is C=C(C)C1C(c2cc(F)cc(C(F)(F)F)c2)C1(C)Cl. The van der Waals surface area contributed by atoms with Crippen LogP contribution in [0.3, 0.4) is 0 Å². The summed E-state index contributed by atoms with van der Waals surface area (Å²) in [6.07, 6.45) is -4.56. The van der Waals surface area contributed by atoms with Gasteiger partial charge in [-0.2, -0.15) is 13.2 Å². The molecule has 5 heteroatoms. The molecular weight excluding hydrogens is 280 g/mol. The normalized spacial score (nSPS) is 30.3. The van der Waals surface area contributed by atoms with E-state index in [-0.39, 0.29) is 17.4 Å². The quantitative estimate of drug-likeness (QED) is 0.403. The molecular formula is C14H13ClF4. The Bertz CT molecular complexity index is 531. The van der Waals surface area contributed by atoms with Gasteiger partial charge in [-0.05, 0) is 37.6 Å². The summed E-state index contributed by atoms with van der Waals surface area (Å²) < 4.78 is 51.3. The van der Waals surface area contributed by atoms with Gasteiger partial charge in [0, 0.05) is 11.8 Å². The van der Waals surface area contributed by atoms with E-state index in [0.29, 0.717) is 6.07 Å². The van der Waals surface area contributed by atoms with Gasteiger partial charge in [0.25, 0.3) is 0 Å². The molecule has 0 radical (unpaired) electrons. The molecule has 1 saturated carbocycles. The van der Waals surface area contributed by atoms with E-state index in [4.69, 9.17) is 11.6 Å². The van der Waals surface area contributed by atoms with Crippen LogP contribution < -0.4 is 0 Å². The average Bonchev–Trinajstić information content (AvgIpc) is 2.79. The number of hydrogen-bond acceptors (Lipinski definition) is 0. The number of allylic oxidation sites excluding steroid dienone is 1. The molecule has 1 aliphatic carbocycles. The van der Waals surface area contributed by atoms with Crippen molar-refractivity contribution in [3.8, 4) is 0 Å². The zero-order chi connectivity index (χ0) is 14.6. The Balaban J connectivity index is 2.43. The average molecular weight is 293 g/mol. The van der Waals surface area contributed by atoms with Gasteiger partial charge in [-0.1, -0.05) is 12.2 Å². The molecule has 1 fully saturated rings. The van der Waals surface area contributed by atoms with E-state index in [9.17, 15) is 17.6 Å². The molecule has 0 aromatic heterocycles. The van der Waals surface area contributed by atoms with Crippen LogP contribution in [0.5, 0.6) is 0 Å². The van der Waals surface area contributed by atoms with E-state index in [2.05, 4.69) is 6.58 Å². The monoisotopic (exact) mass is 292 g/mol. The predicted octanol–water partition coefficient (Wildman–Crippen LogP) is 5.13. The second-order valence-electron chi connectivity index (χ2n) is 5.22. The van der Waals surface area contributed by atoms with Crippen LogP contribution >= 0.6 is 11.6 Å². The summed E-state index contributed by atoms with van der Waals surface area (Å²) in [5.74, 6) is -1.36. The van der Waals surface area contributed by atoms with Crippen LogP contribution in [-0.2, 0) is 6.18 Å². The molecule has 1 aromatic carbocycles. The van der Waals surface area contributed by atoms with Crippen molar-refractivity contribution in [2.24, 2.45) is 5.92 Å². The first kappa shape index (κ1) is 14.4. The first-order valence-corrected chi connectivity index (χ1v) is 6.15. The number of hydrogen-bond donors (Lipinski definition) is 0. The second-order valence-corrected chi connectivity index (χ2v) is 6.04. The van der Waals surface area contributed by atoms with Gasteiger partial charge in [-0.15, -0.1) is 11.6 Å². The zero-order valence-corrected chi connectivity index (χ0v) is 11.2. The Morgan fingerprint density at radius 2 is 1.89 bits per heavy atom. The van der Waals surface area contributed by atoms with Crippen molar-refractivity contribution in [1.82, 2.24) is 0 Å². The maximum absolute atomic E-state index is 13.4. The van der Waals surface area contributed by atoms with Gasteiger partial charge in [0.15, 0.2) is 0 Å². The highest BCUT2D eigenvalue weighted by Crippen LogP contribution is 2.64. The lowest BCUT2D eigenvalue weighted by Crippen LogP contribution is -2.07. The molecule has 2 rings (SSSR count). The Hall–Kier alpha value is -1.03. The highest BCUT2D eigenvalue weighted by atomic mass is 35.5. The number of benzene rings is 1. The number of alkyl halides is 4. The summed E-state index contributed by atoms with van der Waals surface area (Å²) in [6, 6.07) is 2.58. The minimum Gasteiger partial charge on any atom is -0.207 e. The molecule has 0 aliphatic heterocycles. The maximum atomic E-state index is 13.4. The number of halogens is 5. The number of rotatable bonds is 2. The second kappa shape index (κ2) is 4.23. The summed E-state index contributed by atoms with van der Waals surface area (Å²) in [5, 5.41) is 0. The van der Waals surface area contributed by atoms with Crippen molar-refractivity contribution in [1.29, 1.82) is 0 Å². The van der Waals surface area contributed by atoms with Gasteiger partial charge >= 0.3 is 6.18 Å². The first-order valence-electron chi connectivity index (χ1n) is 5.77. The molecule has 0 spiro atoms. The summed E-state index contributed by atoms with van der Waals surface area (Å²) in [5.41, 5.74) is 0.0838. The summed E-state index contributed by atoms with van der Waals surface area (Å²) >= 11 is 6.26. The molecule has 19 heavy (non-hydrogen) atoms. The van der Waals surface area contributed by atoms with Gasteiger partial charge in [-0.25, -0.2) is 4.39 Å².